The predicted octanol–water partition coefficient (Wildman–Crippen LogP) is 2.66. The highest BCUT2D eigenvalue weighted by atomic mass is 32.1. The van der Waals surface area contributed by atoms with Gasteiger partial charge in [-0.25, -0.2) is 0 Å². The van der Waals surface area contributed by atoms with E-state index in [-0.39, 0.29) is 0 Å². The lowest BCUT2D eigenvalue weighted by Crippen LogP contribution is -1.91. The molecule has 0 heterocycles. The lowest BCUT2D eigenvalue weighted by atomic mass is 10.2. The molecule has 0 nitrogen and oxygen atoms in total. The first-order valence-electron chi connectivity index (χ1n) is 3.10. The van der Waals surface area contributed by atoms with Gasteiger partial charge in [0.1, 0.15) is 0 Å². The lowest BCUT2D eigenvalue weighted by Gasteiger charge is -1.99. The summed E-state index contributed by atoms with van der Waals surface area (Å²) < 4.78 is 0. The molecule has 0 spiro atoms. The molecular weight excluding hydrogens is 116 g/mol. The predicted molar refractivity (Wildman–Crippen MR) is 42.5 cm³/mol. The Labute approximate surface area is 57.4 Å². The van der Waals surface area contributed by atoms with Gasteiger partial charge in [-0.15, -0.1) is 0 Å². The minimum atomic E-state index is 0.561. The molecule has 0 rings (SSSR count). The van der Waals surface area contributed by atoms with E-state index in [9.17, 15) is 0 Å². The fourth-order valence-corrected chi connectivity index (χ4v) is 0.582. The Morgan fingerprint density at radius 1 is 1.62 bits per heavy atom. The topological polar surface area (TPSA) is 0 Å². The van der Waals surface area contributed by atoms with Crippen LogP contribution in [0.1, 0.15) is 26.7 Å². The van der Waals surface area contributed by atoms with Crippen LogP contribution in [0.25, 0.3) is 0 Å². The third-order valence-corrected chi connectivity index (χ3v) is 1.69. The summed E-state index contributed by atoms with van der Waals surface area (Å²) in [6.07, 6.45) is 6.49. The highest BCUT2D eigenvalue weighted by Gasteiger charge is 1.92. The fourth-order valence-electron chi connectivity index (χ4n) is 0.460. The van der Waals surface area contributed by atoms with E-state index < -0.39 is 0 Å². The zero-order chi connectivity index (χ0) is 6.41. The molecule has 48 valence electrons. The van der Waals surface area contributed by atoms with Gasteiger partial charge in [0, 0.05) is 5.25 Å². The van der Waals surface area contributed by atoms with Crippen molar-refractivity contribution in [3.05, 3.63) is 12.2 Å². The number of rotatable bonds is 3. The van der Waals surface area contributed by atoms with Gasteiger partial charge in [-0.05, 0) is 19.8 Å². The van der Waals surface area contributed by atoms with Crippen LogP contribution in [0.15, 0.2) is 12.2 Å². The van der Waals surface area contributed by atoms with Gasteiger partial charge in [-0.1, -0.05) is 19.1 Å². The maximum absolute atomic E-state index is 4.31. The van der Waals surface area contributed by atoms with Crippen LogP contribution in [0, 0.1) is 0 Å². The first-order chi connectivity index (χ1) is 3.81. The molecule has 0 saturated heterocycles. The average molecular weight is 130 g/mol. The Morgan fingerprint density at radius 3 is 2.62 bits per heavy atom. The van der Waals surface area contributed by atoms with Gasteiger partial charge < -0.3 is 0 Å². The minimum Gasteiger partial charge on any atom is -0.176 e. The largest absolute Gasteiger partial charge is 0.176 e. The van der Waals surface area contributed by atoms with Crippen molar-refractivity contribution in [1.29, 1.82) is 0 Å². The first kappa shape index (κ1) is 8.09. The summed E-state index contributed by atoms with van der Waals surface area (Å²) in [6, 6.07) is 0. The van der Waals surface area contributed by atoms with Crippen molar-refractivity contribution in [2.45, 2.75) is 31.9 Å². The molecular formula is C7H14S. The van der Waals surface area contributed by atoms with Crippen LogP contribution >= 0.6 is 12.6 Å². The van der Waals surface area contributed by atoms with Crippen molar-refractivity contribution >= 4 is 12.6 Å². The molecule has 0 aliphatic carbocycles. The van der Waals surface area contributed by atoms with Crippen molar-refractivity contribution in [3.8, 4) is 0 Å². The van der Waals surface area contributed by atoms with Crippen LogP contribution in [-0.2, 0) is 0 Å². The third kappa shape index (κ3) is 4.25. The summed E-state index contributed by atoms with van der Waals surface area (Å²) in [6.45, 7) is 4.19. The highest BCUT2D eigenvalue weighted by molar-refractivity contribution is 7.80. The van der Waals surface area contributed by atoms with Gasteiger partial charge >= 0.3 is 0 Å². The normalized spacial score (nSPS) is 14.9. The Morgan fingerprint density at radius 2 is 2.25 bits per heavy atom. The van der Waals surface area contributed by atoms with Crippen LogP contribution < -0.4 is 0 Å². The molecule has 1 atom stereocenters. The molecule has 0 bridgehead atoms. The maximum atomic E-state index is 4.31. The summed E-state index contributed by atoms with van der Waals surface area (Å²) in [4.78, 5) is 0. The van der Waals surface area contributed by atoms with E-state index in [1.807, 2.05) is 6.92 Å². The quantitative estimate of drug-likeness (QED) is 0.440. The summed E-state index contributed by atoms with van der Waals surface area (Å²) in [5, 5.41) is 0.561. The van der Waals surface area contributed by atoms with E-state index in [0.29, 0.717) is 5.25 Å². The molecule has 0 aromatic carbocycles. The number of hydrogen-bond acceptors (Lipinski definition) is 1. The molecule has 0 aliphatic heterocycles. The van der Waals surface area contributed by atoms with E-state index in [1.165, 1.54) is 0 Å². The number of allylic oxidation sites excluding steroid dienone is 2. The molecule has 0 amide bonds. The Kier molecular flexibility index (Phi) is 5.29. The highest BCUT2D eigenvalue weighted by Crippen LogP contribution is 2.05. The second kappa shape index (κ2) is 5.23. The Balaban J connectivity index is 3.10. The summed E-state index contributed by atoms with van der Waals surface area (Å²) in [5.41, 5.74) is 0. The number of thiol groups is 1. The van der Waals surface area contributed by atoms with Crippen LogP contribution in [-0.4, -0.2) is 5.25 Å². The van der Waals surface area contributed by atoms with Gasteiger partial charge in [0.15, 0.2) is 0 Å². The average Bonchev–Trinajstić information content (AvgIpc) is 1.83. The number of hydrogen-bond donors (Lipinski definition) is 1. The van der Waals surface area contributed by atoms with Crippen LogP contribution in [0.2, 0.25) is 0 Å². The van der Waals surface area contributed by atoms with Crippen molar-refractivity contribution in [2.75, 3.05) is 0 Å². The molecule has 0 fully saturated rings. The zero-order valence-electron chi connectivity index (χ0n) is 5.59. The second-order valence-corrected chi connectivity index (χ2v) is 2.60. The van der Waals surface area contributed by atoms with E-state index >= 15 is 0 Å². The van der Waals surface area contributed by atoms with E-state index in [0.717, 1.165) is 12.8 Å². The van der Waals surface area contributed by atoms with Crippen molar-refractivity contribution in [3.63, 3.8) is 0 Å². The minimum absolute atomic E-state index is 0.561. The second-order valence-electron chi connectivity index (χ2n) is 1.87. The molecule has 0 aromatic heterocycles. The van der Waals surface area contributed by atoms with Gasteiger partial charge in [0.05, 0.1) is 0 Å². The molecule has 0 aliphatic rings. The molecule has 0 saturated carbocycles. The molecule has 0 aromatic rings. The van der Waals surface area contributed by atoms with E-state index in [4.69, 9.17) is 0 Å². The monoisotopic (exact) mass is 130 g/mol. The maximum Gasteiger partial charge on any atom is 0.00486 e. The van der Waals surface area contributed by atoms with Crippen LogP contribution in [0.4, 0.5) is 0 Å². The van der Waals surface area contributed by atoms with Gasteiger partial charge in [0.25, 0.3) is 0 Å². The smallest absolute Gasteiger partial charge is 0.00486 e. The van der Waals surface area contributed by atoms with E-state index in [2.05, 4.69) is 31.7 Å². The third-order valence-electron chi connectivity index (χ3n) is 1.12. The fraction of sp³-hybridized carbons (Fsp3) is 0.714. The molecule has 0 radical (unpaired) electrons. The molecule has 1 heteroatoms. The Bertz CT molecular complexity index is 66.8. The van der Waals surface area contributed by atoms with Crippen LogP contribution in [0.3, 0.4) is 0 Å². The van der Waals surface area contributed by atoms with Gasteiger partial charge in [0.2, 0.25) is 0 Å². The summed E-state index contributed by atoms with van der Waals surface area (Å²) in [5.74, 6) is 0. The van der Waals surface area contributed by atoms with Crippen molar-refractivity contribution in [1.82, 2.24) is 0 Å². The molecule has 8 heavy (non-hydrogen) atoms. The van der Waals surface area contributed by atoms with Gasteiger partial charge in [-0.3, -0.25) is 0 Å². The Hall–Kier alpha value is 0.0900. The van der Waals surface area contributed by atoms with E-state index in [1.54, 1.807) is 0 Å². The van der Waals surface area contributed by atoms with Gasteiger partial charge in [-0.2, -0.15) is 12.6 Å². The van der Waals surface area contributed by atoms with Crippen molar-refractivity contribution < 1.29 is 0 Å². The molecule has 0 N–H and O–H groups in total. The first-order valence-corrected chi connectivity index (χ1v) is 3.62. The van der Waals surface area contributed by atoms with Crippen LogP contribution in [0.5, 0.6) is 0 Å². The standard InChI is InChI=1S/C7H14S/c1-3-5-6-7(8)4-2/h3,5,7-8H,4,6H2,1-2H3/b5-3-/t7-/m1/s1. The lowest BCUT2D eigenvalue weighted by molar-refractivity contribution is 0.842. The zero-order valence-corrected chi connectivity index (χ0v) is 6.49. The molecule has 0 unspecified atom stereocenters. The summed E-state index contributed by atoms with van der Waals surface area (Å²) in [7, 11) is 0. The van der Waals surface area contributed by atoms with Crippen molar-refractivity contribution in [2.24, 2.45) is 0 Å². The SMILES string of the molecule is C/C=C\C[C@H](S)CC. The summed E-state index contributed by atoms with van der Waals surface area (Å²) >= 11 is 4.31.